The predicted molar refractivity (Wildman–Crippen MR) is 107 cm³/mol. The highest BCUT2D eigenvalue weighted by Gasteiger charge is 2.21. The number of anilines is 1. The standard InChI is InChI=1S/C19H21N7O2/c20-12-4-3-7-25(9-12)19-23-15-8-21-26(18(27)17(15)24-19)10-13-11-28-16-6-2-1-5-14(16)22-13/h1-2,5-6,8,12H,3-4,7,9-11,20H2,(H,23,24). The fourth-order valence-electron chi connectivity index (χ4n) is 3.69. The minimum Gasteiger partial charge on any atom is -0.485 e. The Morgan fingerprint density at radius 3 is 3.11 bits per heavy atom. The smallest absolute Gasteiger partial charge is 0.293 e. The van der Waals surface area contributed by atoms with Gasteiger partial charge in [0.1, 0.15) is 29.1 Å². The van der Waals surface area contributed by atoms with Gasteiger partial charge in [0.15, 0.2) is 0 Å². The van der Waals surface area contributed by atoms with Crippen molar-refractivity contribution in [1.29, 1.82) is 0 Å². The molecule has 3 aromatic rings. The van der Waals surface area contributed by atoms with Gasteiger partial charge in [0.05, 0.1) is 18.5 Å². The molecule has 144 valence electrons. The molecule has 28 heavy (non-hydrogen) atoms. The number of ether oxygens (including phenoxy) is 1. The molecule has 1 unspecified atom stereocenters. The molecule has 2 aromatic heterocycles. The van der Waals surface area contributed by atoms with Crippen LogP contribution >= 0.6 is 0 Å². The summed E-state index contributed by atoms with van der Waals surface area (Å²) in [5, 5.41) is 4.27. The van der Waals surface area contributed by atoms with Gasteiger partial charge in [-0.3, -0.25) is 4.79 Å². The zero-order valence-corrected chi connectivity index (χ0v) is 15.3. The maximum Gasteiger partial charge on any atom is 0.293 e. The molecule has 9 nitrogen and oxygen atoms in total. The second-order valence-corrected chi connectivity index (χ2v) is 7.21. The average Bonchev–Trinajstić information content (AvgIpc) is 3.15. The number of hydrogen-bond acceptors (Lipinski definition) is 7. The summed E-state index contributed by atoms with van der Waals surface area (Å²) in [6.45, 7) is 2.22. The molecule has 4 heterocycles. The SMILES string of the molecule is NC1CCCN(c2nc3cnn(CC4=Nc5ccccc5OC4)c(=O)c3[nH]2)C1. The van der Waals surface area contributed by atoms with Crippen LogP contribution in [-0.2, 0) is 6.54 Å². The number of nitrogens with two attached hydrogens (primary N) is 1. The van der Waals surface area contributed by atoms with E-state index in [0.29, 0.717) is 23.6 Å². The van der Waals surface area contributed by atoms with Gasteiger partial charge in [0.2, 0.25) is 5.95 Å². The van der Waals surface area contributed by atoms with E-state index in [1.807, 2.05) is 24.3 Å². The van der Waals surface area contributed by atoms with E-state index >= 15 is 0 Å². The summed E-state index contributed by atoms with van der Waals surface area (Å²) in [5.74, 6) is 1.43. The van der Waals surface area contributed by atoms with Crippen molar-refractivity contribution in [3.63, 3.8) is 0 Å². The average molecular weight is 379 g/mol. The summed E-state index contributed by atoms with van der Waals surface area (Å²) in [5.41, 5.74) is 8.35. The summed E-state index contributed by atoms with van der Waals surface area (Å²) in [6, 6.07) is 7.71. The summed E-state index contributed by atoms with van der Waals surface area (Å²) in [7, 11) is 0. The number of nitrogens with zero attached hydrogens (tertiary/aromatic N) is 5. The van der Waals surface area contributed by atoms with Crippen LogP contribution in [0.5, 0.6) is 5.75 Å². The molecule has 0 spiro atoms. The van der Waals surface area contributed by atoms with E-state index in [4.69, 9.17) is 10.5 Å². The molecule has 2 aliphatic rings. The maximum absolute atomic E-state index is 12.9. The molecule has 1 aromatic carbocycles. The number of aliphatic imine (C=N–C) groups is 1. The number of hydrogen-bond donors (Lipinski definition) is 2. The van der Waals surface area contributed by atoms with Gasteiger partial charge in [-0.05, 0) is 25.0 Å². The van der Waals surface area contributed by atoms with Gasteiger partial charge in [0, 0.05) is 19.1 Å². The predicted octanol–water partition coefficient (Wildman–Crippen LogP) is 1.21. The minimum absolute atomic E-state index is 0.129. The van der Waals surface area contributed by atoms with Crippen LogP contribution in [0.2, 0.25) is 0 Å². The molecule has 2 aliphatic heterocycles. The Hall–Kier alpha value is -3.20. The number of nitrogens with one attached hydrogen (secondary N) is 1. The van der Waals surface area contributed by atoms with Gasteiger partial charge < -0.3 is 20.4 Å². The second kappa shape index (κ2) is 6.75. The normalized spacial score (nSPS) is 19.2. The Morgan fingerprint density at radius 1 is 1.32 bits per heavy atom. The minimum atomic E-state index is -0.223. The van der Waals surface area contributed by atoms with Gasteiger partial charge >= 0.3 is 0 Å². The third kappa shape index (κ3) is 3.03. The first-order valence-electron chi connectivity index (χ1n) is 9.42. The fourth-order valence-corrected chi connectivity index (χ4v) is 3.69. The van der Waals surface area contributed by atoms with Crippen molar-refractivity contribution in [2.75, 3.05) is 24.6 Å². The second-order valence-electron chi connectivity index (χ2n) is 7.21. The highest BCUT2D eigenvalue weighted by atomic mass is 16.5. The van der Waals surface area contributed by atoms with Gasteiger partial charge in [-0.25, -0.2) is 14.7 Å². The molecule has 1 saturated heterocycles. The van der Waals surface area contributed by atoms with Crippen LogP contribution in [-0.4, -0.2) is 51.2 Å². The van der Waals surface area contributed by atoms with Crippen LogP contribution in [0.1, 0.15) is 12.8 Å². The van der Waals surface area contributed by atoms with Crippen LogP contribution in [0, 0.1) is 0 Å². The van der Waals surface area contributed by atoms with Gasteiger partial charge in [-0.1, -0.05) is 12.1 Å². The van der Waals surface area contributed by atoms with E-state index in [1.54, 1.807) is 6.20 Å². The third-order valence-electron chi connectivity index (χ3n) is 5.11. The number of para-hydroxylation sites is 2. The van der Waals surface area contributed by atoms with Crippen LogP contribution in [0.15, 0.2) is 40.2 Å². The van der Waals surface area contributed by atoms with Crippen molar-refractivity contribution in [3.8, 4) is 5.75 Å². The quantitative estimate of drug-likeness (QED) is 0.707. The number of aromatic nitrogens is 4. The van der Waals surface area contributed by atoms with Crippen molar-refractivity contribution in [1.82, 2.24) is 19.7 Å². The van der Waals surface area contributed by atoms with E-state index in [1.165, 1.54) is 4.68 Å². The van der Waals surface area contributed by atoms with Gasteiger partial charge in [0.25, 0.3) is 5.56 Å². The molecule has 3 N–H and O–H groups in total. The van der Waals surface area contributed by atoms with Crippen molar-refractivity contribution in [2.45, 2.75) is 25.4 Å². The Labute approximate surface area is 160 Å². The van der Waals surface area contributed by atoms with Crippen molar-refractivity contribution >= 4 is 28.4 Å². The largest absolute Gasteiger partial charge is 0.485 e. The zero-order valence-electron chi connectivity index (χ0n) is 15.3. The first-order chi connectivity index (χ1) is 13.7. The van der Waals surface area contributed by atoms with E-state index in [0.717, 1.165) is 43.1 Å². The van der Waals surface area contributed by atoms with E-state index in [9.17, 15) is 4.79 Å². The lowest BCUT2D eigenvalue weighted by Crippen LogP contribution is -2.43. The van der Waals surface area contributed by atoms with E-state index in [2.05, 4.69) is 25.0 Å². The lowest BCUT2D eigenvalue weighted by molar-refractivity contribution is 0.367. The van der Waals surface area contributed by atoms with E-state index < -0.39 is 0 Å². The Balaban J connectivity index is 1.44. The lowest BCUT2D eigenvalue weighted by Gasteiger charge is -2.30. The van der Waals surface area contributed by atoms with Crippen molar-refractivity contribution < 1.29 is 4.74 Å². The van der Waals surface area contributed by atoms with Crippen LogP contribution in [0.4, 0.5) is 11.6 Å². The number of fused-ring (bicyclic) bond motifs is 2. The van der Waals surface area contributed by atoms with Crippen LogP contribution < -0.4 is 20.9 Å². The highest BCUT2D eigenvalue weighted by molar-refractivity contribution is 5.90. The van der Waals surface area contributed by atoms with Crippen molar-refractivity contribution in [2.24, 2.45) is 10.7 Å². The molecule has 0 aliphatic carbocycles. The molecule has 0 radical (unpaired) electrons. The molecule has 5 rings (SSSR count). The zero-order chi connectivity index (χ0) is 19.1. The Kier molecular flexibility index (Phi) is 4.09. The van der Waals surface area contributed by atoms with Crippen LogP contribution in [0.25, 0.3) is 11.0 Å². The number of imidazole rings is 1. The first kappa shape index (κ1) is 16.9. The molecule has 0 saturated carbocycles. The van der Waals surface area contributed by atoms with Crippen LogP contribution in [0.3, 0.4) is 0 Å². The number of H-pyrrole nitrogens is 1. The highest BCUT2D eigenvalue weighted by Crippen LogP contribution is 2.29. The summed E-state index contributed by atoms with van der Waals surface area (Å²) >= 11 is 0. The molecule has 1 atom stereocenters. The molecule has 0 amide bonds. The monoisotopic (exact) mass is 379 g/mol. The summed E-state index contributed by atoms with van der Waals surface area (Å²) in [6.07, 6.45) is 3.64. The number of piperidine rings is 1. The Bertz CT molecular complexity index is 1120. The molecule has 0 bridgehead atoms. The van der Waals surface area contributed by atoms with Crippen molar-refractivity contribution in [3.05, 3.63) is 40.8 Å². The Morgan fingerprint density at radius 2 is 2.21 bits per heavy atom. The fraction of sp³-hybridized carbons (Fsp3) is 0.368. The maximum atomic E-state index is 12.9. The lowest BCUT2D eigenvalue weighted by atomic mass is 10.1. The number of benzene rings is 1. The topological polar surface area (TPSA) is 114 Å². The molecular weight excluding hydrogens is 358 g/mol. The summed E-state index contributed by atoms with van der Waals surface area (Å²) in [4.78, 5) is 27.3. The van der Waals surface area contributed by atoms with E-state index in [-0.39, 0.29) is 18.1 Å². The summed E-state index contributed by atoms with van der Waals surface area (Å²) < 4.78 is 7.11. The third-order valence-corrected chi connectivity index (χ3v) is 5.11. The number of aromatic amines is 1. The molecule has 9 heteroatoms. The van der Waals surface area contributed by atoms with Gasteiger partial charge in [-0.2, -0.15) is 5.10 Å². The van der Waals surface area contributed by atoms with Gasteiger partial charge in [-0.15, -0.1) is 0 Å². The first-order valence-corrected chi connectivity index (χ1v) is 9.42. The number of rotatable bonds is 3. The molecular formula is C19H21N7O2. The molecule has 1 fully saturated rings.